The van der Waals surface area contributed by atoms with Crippen LogP contribution in [0.15, 0.2) is 36.5 Å². The number of para-hydroxylation sites is 1. The van der Waals surface area contributed by atoms with Gasteiger partial charge in [-0.25, -0.2) is 9.37 Å². The molecule has 20 heavy (non-hydrogen) atoms. The van der Waals surface area contributed by atoms with Crippen molar-refractivity contribution in [2.45, 2.75) is 31.7 Å². The van der Waals surface area contributed by atoms with Gasteiger partial charge in [-0.2, -0.15) is 4.98 Å². The smallest absolute Gasteiger partial charge is 0.229 e. The zero-order valence-electron chi connectivity index (χ0n) is 11.1. The highest BCUT2D eigenvalue weighted by Gasteiger charge is 2.15. The topological polar surface area (TPSA) is 49.8 Å². The Morgan fingerprint density at radius 1 is 1.10 bits per heavy atom. The Hall–Kier alpha value is -2.17. The second-order valence-corrected chi connectivity index (χ2v) is 5.00. The quantitative estimate of drug-likeness (QED) is 0.890. The average Bonchev–Trinajstić information content (AvgIpc) is 2.95. The first-order valence-electron chi connectivity index (χ1n) is 6.92. The molecule has 1 aromatic carbocycles. The fourth-order valence-electron chi connectivity index (χ4n) is 2.46. The van der Waals surface area contributed by atoms with Crippen LogP contribution in [0.3, 0.4) is 0 Å². The van der Waals surface area contributed by atoms with Crippen LogP contribution >= 0.6 is 0 Å². The van der Waals surface area contributed by atoms with Crippen LogP contribution in [0.5, 0.6) is 0 Å². The van der Waals surface area contributed by atoms with E-state index < -0.39 is 0 Å². The Kier molecular flexibility index (Phi) is 3.76. The molecule has 5 heteroatoms. The first-order valence-corrected chi connectivity index (χ1v) is 6.92. The number of aromatic nitrogens is 2. The van der Waals surface area contributed by atoms with Gasteiger partial charge in [-0.15, -0.1) is 0 Å². The molecule has 0 amide bonds. The molecule has 4 nitrogen and oxygen atoms in total. The lowest BCUT2D eigenvalue weighted by Gasteiger charge is -2.13. The van der Waals surface area contributed by atoms with E-state index in [1.54, 1.807) is 24.4 Å². The van der Waals surface area contributed by atoms with Crippen molar-refractivity contribution in [3.05, 3.63) is 42.3 Å². The predicted octanol–water partition coefficient (Wildman–Crippen LogP) is 3.71. The Balaban J connectivity index is 1.72. The Morgan fingerprint density at radius 3 is 2.70 bits per heavy atom. The Morgan fingerprint density at radius 2 is 1.90 bits per heavy atom. The molecule has 2 N–H and O–H groups in total. The van der Waals surface area contributed by atoms with Gasteiger partial charge in [0, 0.05) is 12.2 Å². The summed E-state index contributed by atoms with van der Waals surface area (Å²) in [6.45, 7) is 0. The molecule has 104 valence electrons. The van der Waals surface area contributed by atoms with Gasteiger partial charge in [0.05, 0.1) is 5.69 Å². The SMILES string of the molecule is Fc1ccccc1Nc1nccc(NC2CCCC2)n1. The largest absolute Gasteiger partial charge is 0.367 e. The molecule has 1 fully saturated rings. The van der Waals surface area contributed by atoms with Crippen LogP contribution in [0.4, 0.5) is 21.8 Å². The molecule has 2 aromatic rings. The molecular weight excluding hydrogens is 255 g/mol. The summed E-state index contributed by atoms with van der Waals surface area (Å²) in [7, 11) is 0. The van der Waals surface area contributed by atoms with Gasteiger partial charge in [0.1, 0.15) is 11.6 Å². The van der Waals surface area contributed by atoms with Crippen LogP contribution in [0.25, 0.3) is 0 Å². The van der Waals surface area contributed by atoms with Gasteiger partial charge in [0.15, 0.2) is 0 Å². The molecular formula is C15H17FN4. The zero-order valence-corrected chi connectivity index (χ0v) is 11.1. The summed E-state index contributed by atoms with van der Waals surface area (Å²) in [6.07, 6.45) is 6.57. The van der Waals surface area contributed by atoms with Gasteiger partial charge in [-0.1, -0.05) is 25.0 Å². The molecule has 0 radical (unpaired) electrons. The normalized spacial score (nSPS) is 15.2. The lowest BCUT2D eigenvalue weighted by Crippen LogP contribution is -2.16. The number of nitrogens with one attached hydrogen (secondary N) is 2. The second kappa shape index (κ2) is 5.86. The van der Waals surface area contributed by atoms with E-state index in [1.807, 2.05) is 6.07 Å². The van der Waals surface area contributed by atoms with Gasteiger partial charge in [0.2, 0.25) is 5.95 Å². The molecule has 0 unspecified atom stereocenters. The Labute approximate surface area is 117 Å². The summed E-state index contributed by atoms with van der Waals surface area (Å²) in [5, 5.41) is 6.30. The van der Waals surface area contributed by atoms with Crippen LogP contribution in [-0.2, 0) is 0 Å². The molecule has 0 saturated heterocycles. The molecule has 3 rings (SSSR count). The number of rotatable bonds is 4. The van der Waals surface area contributed by atoms with E-state index in [0.29, 0.717) is 17.7 Å². The fraction of sp³-hybridized carbons (Fsp3) is 0.333. The molecule has 1 saturated carbocycles. The van der Waals surface area contributed by atoms with Crippen molar-refractivity contribution < 1.29 is 4.39 Å². The predicted molar refractivity (Wildman–Crippen MR) is 77.6 cm³/mol. The summed E-state index contributed by atoms with van der Waals surface area (Å²) in [4.78, 5) is 8.49. The number of anilines is 3. The van der Waals surface area contributed by atoms with Crippen LogP contribution in [-0.4, -0.2) is 16.0 Å². The lowest BCUT2D eigenvalue weighted by molar-refractivity contribution is 0.631. The van der Waals surface area contributed by atoms with Crippen LogP contribution in [0.1, 0.15) is 25.7 Å². The van der Waals surface area contributed by atoms with Crippen LogP contribution < -0.4 is 10.6 Å². The molecule has 0 aliphatic heterocycles. The second-order valence-electron chi connectivity index (χ2n) is 5.00. The van der Waals surface area contributed by atoms with Crippen LogP contribution in [0.2, 0.25) is 0 Å². The van der Waals surface area contributed by atoms with E-state index in [9.17, 15) is 4.39 Å². The maximum absolute atomic E-state index is 13.6. The molecule has 1 aliphatic carbocycles. The first kappa shape index (κ1) is 12.8. The standard InChI is InChI=1S/C15H17FN4/c16-12-7-3-4-8-13(12)19-15-17-10-9-14(20-15)18-11-5-1-2-6-11/h3-4,7-11H,1-2,5-6H2,(H2,17,18,19,20). The summed E-state index contributed by atoms with van der Waals surface area (Å²) in [5.41, 5.74) is 0.380. The van der Waals surface area contributed by atoms with Crippen LogP contribution in [0, 0.1) is 5.82 Å². The van der Waals surface area contributed by atoms with E-state index in [4.69, 9.17) is 0 Å². The number of hydrogen-bond donors (Lipinski definition) is 2. The highest BCUT2D eigenvalue weighted by Crippen LogP contribution is 2.22. The molecule has 1 aliphatic rings. The molecule has 0 bridgehead atoms. The number of hydrogen-bond acceptors (Lipinski definition) is 4. The summed E-state index contributed by atoms with van der Waals surface area (Å²) in [6, 6.07) is 8.82. The van der Waals surface area contributed by atoms with Gasteiger partial charge in [0.25, 0.3) is 0 Å². The third-order valence-corrected chi connectivity index (χ3v) is 3.48. The van der Waals surface area contributed by atoms with E-state index >= 15 is 0 Å². The maximum Gasteiger partial charge on any atom is 0.229 e. The molecule has 1 heterocycles. The van der Waals surface area contributed by atoms with Crippen molar-refractivity contribution in [3.8, 4) is 0 Å². The van der Waals surface area contributed by atoms with Crippen molar-refractivity contribution in [3.63, 3.8) is 0 Å². The Bertz CT molecular complexity index is 582. The minimum absolute atomic E-state index is 0.315. The van der Waals surface area contributed by atoms with Crippen molar-refractivity contribution in [1.29, 1.82) is 0 Å². The number of halogens is 1. The average molecular weight is 272 g/mol. The molecule has 0 atom stereocenters. The monoisotopic (exact) mass is 272 g/mol. The van der Waals surface area contributed by atoms with E-state index in [1.165, 1.54) is 31.7 Å². The lowest BCUT2D eigenvalue weighted by atomic mass is 10.2. The van der Waals surface area contributed by atoms with Crippen molar-refractivity contribution in [2.24, 2.45) is 0 Å². The van der Waals surface area contributed by atoms with E-state index in [0.717, 1.165) is 5.82 Å². The van der Waals surface area contributed by atoms with Crippen molar-refractivity contribution >= 4 is 17.5 Å². The highest BCUT2D eigenvalue weighted by atomic mass is 19.1. The zero-order chi connectivity index (χ0) is 13.8. The van der Waals surface area contributed by atoms with Gasteiger partial charge < -0.3 is 10.6 Å². The molecule has 1 aromatic heterocycles. The summed E-state index contributed by atoms with van der Waals surface area (Å²) < 4.78 is 13.6. The maximum atomic E-state index is 13.6. The van der Waals surface area contributed by atoms with Gasteiger partial charge >= 0.3 is 0 Å². The first-order chi connectivity index (χ1) is 9.81. The summed E-state index contributed by atoms with van der Waals surface area (Å²) >= 11 is 0. The molecule has 0 spiro atoms. The minimum atomic E-state index is -0.315. The third-order valence-electron chi connectivity index (χ3n) is 3.48. The fourth-order valence-corrected chi connectivity index (χ4v) is 2.46. The number of benzene rings is 1. The van der Waals surface area contributed by atoms with Gasteiger partial charge in [-0.3, -0.25) is 0 Å². The third kappa shape index (κ3) is 3.04. The minimum Gasteiger partial charge on any atom is -0.367 e. The summed E-state index contributed by atoms with van der Waals surface area (Å²) in [5.74, 6) is 0.870. The number of nitrogens with zero attached hydrogens (tertiary/aromatic N) is 2. The highest BCUT2D eigenvalue weighted by molar-refractivity contribution is 5.55. The van der Waals surface area contributed by atoms with Gasteiger partial charge in [-0.05, 0) is 31.0 Å². The van der Waals surface area contributed by atoms with Crippen molar-refractivity contribution in [2.75, 3.05) is 10.6 Å². The van der Waals surface area contributed by atoms with E-state index in [2.05, 4.69) is 20.6 Å². The van der Waals surface area contributed by atoms with E-state index in [-0.39, 0.29) is 5.82 Å². The van der Waals surface area contributed by atoms with Crippen molar-refractivity contribution in [1.82, 2.24) is 9.97 Å².